The minimum absolute atomic E-state index is 0.0203. The number of alkyl halides is 3. The number of benzene rings is 2. The number of halogens is 3. The molecule has 2 heterocycles. The van der Waals surface area contributed by atoms with Crippen molar-refractivity contribution in [1.29, 1.82) is 0 Å². The summed E-state index contributed by atoms with van der Waals surface area (Å²) < 4.78 is 50.4. The Bertz CT molecular complexity index is 1450. The van der Waals surface area contributed by atoms with Crippen molar-refractivity contribution in [2.75, 3.05) is 17.3 Å². The first-order valence-corrected chi connectivity index (χ1v) is 14.4. The fourth-order valence-corrected chi connectivity index (χ4v) is 5.79. The highest BCUT2D eigenvalue weighted by Gasteiger charge is 2.41. The number of fused-ring (bicyclic) bond motifs is 1. The van der Waals surface area contributed by atoms with E-state index in [9.17, 15) is 18.0 Å². The van der Waals surface area contributed by atoms with Crippen LogP contribution in [0, 0.1) is 0 Å². The monoisotopic (exact) mass is 584 g/mol. The van der Waals surface area contributed by atoms with Crippen molar-refractivity contribution in [3.63, 3.8) is 0 Å². The number of nitrogens with one attached hydrogen (secondary N) is 2. The number of hydrogen-bond donors (Lipinski definition) is 2. The Hall–Kier alpha value is -3.44. The zero-order chi connectivity index (χ0) is 30.2. The summed E-state index contributed by atoms with van der Waals surface area (Å²) in [6.45, 7) is 6.22. The van der Waals surface area contributed by atoms with Crippen LogP contribution in [0.5, 0.6) is 0 Å². The van der Waals surface area contributed by atoms with Crippen LogP contribution in [0.25, 0.3) is 0 Å². The van der Waals surface area contributed by atoms with E-state index in [1.54, 1.807) is 19.5 Å². The highest BCUT2D eigenvalue weighted by molar-refractivity contribution is 6.10. The van der Waals surface area contributed by atoms with Crippen molar-refractivity contribution in [2.24, 2.45) is 7.05 Å². The van der Waals surface area contributed by atoms with E-state index < -0.39 is 17.6 Å². The fraction of sp³-hybridized carbons (Fsp3) is 0.516. The number of nitrogens with zero attached hydrogens (tertiary/aromatic N) is 4. The van der Waals surface area contributed by atoms with Crippen molar-refractivity contribution in [3.8, 4) is 0 Å². The fourth-order valence-electron chi connectivity index (χ4n) is 5.79. The normalized spacial score (nSPS) is 17.0. The van der Waals surface area contributed by atoms with Gasteiger partial charge in [0.25, 0.3) is 5.91 Å². The van der Waals surface area contributed by atoms with Crippen LogP contribution >= 0.6 is 0 Å². The van der Waals surface area contributed by atoms with E-state index in [0.717, 1.165) is 36.3 Å². The van der Waals surface area contributed by atoms with Crippen LogP contribution < -0.4 is 15.5 Å². The lowest BCUT2D eigenvalue weighted by atomic mass is 9.78. The van der Waals surface area contributed by atoms with E-state index in [0.29, 0.717) is 24.1 Å². The highest BCUT2D eigenvalue weighted by atomic mass is 19.4. The molecule has 0 bridgehead atoms. The molecule has 11 heteroatoms. The molecule has 42 heavy (non-hydrogen) atoms. The highest BCUT2D eigenvalue weighted by Crippen LogP contribution is 2.40. The summed E-state index contributed by atoms with van der Waals surface area (Å²) in [5.74, 6) is 0.349. The number of rotatable bonds is 11. The maximum Gasteiger partial charge on any atom is 0.416 e. The van der Waals surface area contributed by atoms with Gasteiger partial charge in [-0.3, -0.25) is 4.79 Å². The molecule has 2 aromatic carbocycles. The average Bonchev–Trinajstić information content (AvgIpc) is 3.46. The molecule has 8 nitrogen and oxygen atoms in total. The van der Waals surface area contributed by atoms with Crippen molar-refractivity contribution in [2.45, 2.75) is 89.8 Å². The number of anilines is 2. The quantitative estimate of drug-likeness (QED) is 0.303. The maximum absolute atomic E-state index is 14.3. The van der Waals surface area contributed by atoms with Crippen molar-refractivity contribution in [3.05, 3.63) is 70.3 Å². The third-order valence-corrected chi connectivity index (χ3v) is 8.34. The number of aromatic nitrogens is 3. The molecule has 5 rings (SSSR count). The van der Waals surface area contributed by atoms with Crippen LogP contribution in [0.1, 0.15) is 78.5 Å². The summed E-state index contributed by atoms with van der Waals surface area (Å²) >= 11 is 0. The van der Waals surface area contributed by atoms with E-state index in [4.69, 9.17) is 4.74 Å². The molecule has 0 unspecified atom stereocenters. The third-order valence-electron chi connectivity index (χ3n) is 8.34. The molecule has 0 spiro atoms. The Balaban J connectivity index is 1.46. The maximum atomic E-state index is 14.3. The van der Waals surface area contributed by atoms with Crippen LogP contribution in [-0.4, -0.2) is 45.5 Å². The third kappa shape index (κ3) is 6.47. The van der Waals surface area contributed by atoms with Gasteiger partial charge < -0.3 is 24.8 Å². The topological polar surface area (TPSA) is 84.3 Å². The van der Waals surface area contributed by atoms with Gasteiger partial charge in [0.1, 0.15) is 12.2 Å². The first-order valence-electron chi connectivity index (χ1n) is 14.4. The van der Waals surface area contributed by atoms with E-state index in [1.165, 1.54) is 11.0 Å². The molecule has 1 fully saturated rings. The van der Waals surface area contributed by atoms with Crippen LogP contribution in [0.15, 0.2) is 36.7 Å². The standard InChI is InChI=1S/C31H39F3N6O2/c1-19(2)37-22-9-20(11-24(42-5)15-28-38-36-18-39(28)4)10-23(14-22)40-17-26-25(29(40)41)12-21(13-27(26)31(32,33)34)16-35-30(3)7-6-8-30/h9-10,12-14,18-19,24,35,37H,6-8,11,15-17H2,1-5H3/t24-/m1/s1. The molecule has 1 aliphatic heterocycles. The van der Waals surface area contributed by atoms with Gasteiger partial charge in [0.2, 0.25) is 0 Å². The lowest BCUT2D eigenvalue weighted by Gasteiger charge is -2.39. The van der Waals surface area contributed by atoms with Gasteiger partial charge in [-0.2, -0.15) is 13.2 Å². The largest absolute Gasteiger partial charge is 0.416 e. The molecule has 1 amide bonds. The van der Waals surface area contributed by atoms with E-state index in [2.05, 4.69) is 27.8 Å². The molecule has 1 aromatic heterocycles. The predicted molar refractivity (Wildman–Crippen MR) is 155 cm³/mol. The molecule has 226 valence electrons. The van der Waals surface area contributed by atoms with Crippen molar-refractivity contribution < 1.29 is 22.7 Å². The summed E-state index contributed by atoms with van der Waals surface area (Å²) in [7, 11) is 3.50. The number of methoxy groups -OCH3 is 1. The van der Waals surface area contributed by atoms with E-state index >= 15 is 0 Å². The SMILES string of the molecule is CO[C@H](Cc1cc(NC(C)C)cc(N2Cc3c(cc(CNC4(C)CCC4)cc3C(F)(F)F)C2=O)c1)Cc1nncn1C. The predicted octanol–water partition coefficient (Wildman–Crippen LogP) is 5.65. The molecule has 2 N–H and O–H groups in total. The Morgan fingerprint density at radius 3 is 2.45 bits per heavy atom. The second-order valence-electron chi connectivity index (χ2n) is 12.1. The molecule has 1 atom stereocenters. The number of ether oxygens (including phenoxy) is 1. The van der Waals surface area contributed by atoms with Gasteiger partial charge in [-0.1, -0.05) is 0 Å². The van der Waals surface area contributed by atoms with Gasteiger partial charge in [-0.05, 0) is 93.5 Å². The zero-order valence-corrected chi connectivity index (χ0v) is 24.8. The first-order chi connectivity index (χ1) is 19.8. The van der Waals surface area contributed by atoms with Crippen molar-refractivity contribution in [1.82, 2.24) is 20.1 Å². The molecule has 1 saturated carbocycles. The Labute approximate surface area is 244 Å². The summed E-state index contributed by atoms with van der Waals surface area (Å²) in [5.41, 5.74) is 2.00. The first kappa shape index (κ1) is 30.0. The van der Waals surface area contributed by atoms with Crippen LogP contribution in [-0.2, 0) is 43.9 Å². The molecule has 2 aliphatic rings. The van der Waals surface area contributed by atoms with E-state index in [-0.39, 0.29) is 41.9 Å². The van der Waals surface area contributed by atoms with Gasteiger partial charge in [0, 0.05) is 55.6 Å². The summed E-state index contributed by atoms with van der Waals surface area (Å²) in [5, 5.41) is 14.9. The van der Waals surface area contributed by atoms with Gasteiger partial charge in [0.15, 0.2) is 0 Å². The number of aryl methyl sites for hydroxylation is 1. The van der Waals surface area contributed by atoms with Crippen LogP contribution in [0.4, 0.5) is 24.5 Å². The molecular formula is C31H39F3N6O2. The molecule has 0 radical (unpaired) electrons. The minimum Gasteiger partial charge on any atom is -0.383 e. The number of carbonyl (C=O) groups is 1. The Morgan fingerprint density at radius 1 is 1.10 bits per heavy atom. The summed E-state index contributed by atoms with van der Waals surface area (Å²) in [6.07, 6.45) is 0.969. The van der Waals surface area contributed by atoms with E-state index in [1.807, 2.05) is 43.7 Å². The van der Waals surface area contributed by atoms with Gasteiger partial charge >= 0.3 is 6.18 Å². The second kappa shape index (κ2) is 11.7. The molecule has 3 aromatic rings. The van der Waals surface area contributed by atoms with Gasteiger partial charge in [-0.15, -0.1) is 10.2 Å². The Kier molecular flexibility index (Phi) is 8.35. The molecular weight excluding hydrogens is 545 g/mol. The summed E-state index contributed by atoms with van der Waals surface area (Å²) in [6, 6.07) is 8.62. The van der Waals surface area contributed by atoms with Crippen molar-refractivity contribution >= 4 is 17.3 Å². The second-order valence-corrected chi connectivity index (χ2v) is 12.1. The smallest absolute Gasteiger partial charge is 0.383 e. The lowest BCUT2D eigenvalue weighted by molar-refractivity contribution is -0.138. The average molecular weight is 585 g/mol. The lowest BCUT2D eigenvalue weighted by Crippen LogP contribution is -2.47. The zero-order valence-electron chi connectivity index (χ0n) is 24.8. The van der Waals surface area contributed by atoms with Crippen LogP contribution in [0.2, 0.25) is 0 Å². The number of hydrogen-bond acceptors (Lipinski definition) is 6. The minimum atomic E-state index is -4.57. The molecule has 1 aliphatic carbocycles. The summed E-state index contributed by atoms with van der Waals surface area (Å²) in [4.78, 5) is 15.2. The number of carbonyl (C=O) groups excluding carboxylic acids is 1. The van der Waals surface area contributed by atoms with Crippen LogP contribution in [0.3, 0.4) is 0 Å². The molecule has 0 saturated heterocycles. The van der Waals surface area contributed by atoms with Gasteiger partial charge in [0.05, 0.1) is 18.2 Å². The van der Waals surface area contributed by atoms with Gasteiger partial charge in [-0.25, -0.2) is 0 Å². The number of amides is 1. The Morgan fingerprint density at radius 2 is 1.86 bits per heavy atom.